The van der Waals surface area contributed by atoms with Crippen LogP contribution in [-0.4, -0.2) is 21.1 Å². The van der Waals surface area contributed by atoms with Gasteiger partial charge in [-0.3, -0.25) is 0 Å². The molecule has 0 fully saturated rings. The molecule has 0 saturated carbocycles. The van der Waals surface area contributed by atoms with Crippen molar-refractivity contribution in [3.63, 3.8) is 0 Å². The van der Waals surface area contributed by atoms with E-state index in [-0.39, 0.29) is 17.5 Å². The van der Waals surface area contributed by atoms with E-state index in [0.29, 0.717) is 12.4 Å². The van der Waals surface area contributed by atoms with Gasteiger partial charge in [0, 0.05) is 24.1 Å². The van der Waals surface area contributed by atoms with E-state index in [4.69, 9.17) is 9.47 Å². The summed E-state index contributed by atoms with van der Waals surface area (Å²) in [5.41, 5.74) is 2.98. The highest BCUT2D eigenvalue weighted by Crippen LogP contribution is 2.35. The van der Waals surface area contributed by atoms with Gasteiger partial charge in [-0.2, -0.15) is 0 Å². The SMILES string of the molecule is CCOc1cc2c(cc1CNS(=O)(=O)c1ccc(CC)cc1)O[C@@H](C)C2. The van der Waals surface area contributed by atoms with E-state index in [2.05, 4.69) is 4.72 Å². The van der Waals surface area contributed by atoms with E-state index < -0.39 is 10.0 Å². The summed E-state index contributed by atoms with van der Waals surface area (Å²) in [4.78, 5) is 0.263. The zero-order chi connectivity index (χ0) is 18.7. The standard InChI is InChI=1S/C20H25NO4S/c1-4-15-6-8-18(9-7-15)26(22,23)21-13-17-12-20-16(10-14(3)25-20)11-19(17)24-5-2/h6-9,11-12,14,21H,4-5,10,13H2,1-3H3/t14-/m0/s1. The summed E-state index contributed by atoms with van der Waals surface area (Å²) < 4.78 is 39.3. The van der Waals surface area contributed by atoms with Crippen LogP contribution in [0.1, 0.15) is 37.5 Å². The molecule has 1 N–H and O–H groups in total. The minimum Gasteiger partial charge on any atom is -0.494 e. The van der Waals surface area contributed by atoms with Crippen LogP contribution in [0.5, 0.6) is 11.5 Å². The van der Waals surface area contributed by atoms with Crippen molar-refractivity contribution in [3.8, 4) is 11.5 Å². The third-order valence-corrected chi connectivity index (χ3v) is 5.89. The van der Waals surface area contributed by atoms with Crippen LogP contribution in [0.4, 0.5) is 0 Å². The first-order valence-electron chi connectivity index (χ1n) is 8.96. The van der Waals surface area contributed by atoms with Crippen LogP contribution in [0, 0.1) is 0 Å². The normalized spacial score (nSPS) is 16.2. The van der Waals surface area contributed by atoms with E-state index in [1.165, 1.54) is 0 Å². The Kier molecular flexibility index (Phi) is 5.53. The number of benzene rings is 2. The van der Waals surface area contributed by atoms with Crippen LogP contribution in [0.3, 0.4) is 0 Å². The van der Waals surface area contributed by atoms with E-state index in [1.807, 2.05) is 45.0 Å². The summed E-state index contributed by atoms with van der Waals surface area (Å²) in [5, 5.41) is 0. The molecule has 0 bridgehead atoms. The van der Waals surface area contributed by atoms with Gasteiger partial charge in [0.2, 0.25) is 10.0 Å². The second-order valence-corrected chi connectivity index (χ2v) is 8.22. The lowest BCUT2D eigenvalue weighted by molar-refractivity contribution is 0.254. The van der Waals surface area contributed by atoms with Crippen molar-refractivity contribution in [3.05, 3.63) is 53.1 Å². The van der Waals surface area contributed by atoms with Crippen LogP contribution in [-0.2, 0) is 29.4 Å². The van der Waals surface area contributed by atoms with Gasteiger partial charge in [-0.1, -0.05) is 19.1 Å². The van der Waals surface area contributed by atoms with Gasteiger partial charge in [-0.15, -0.1) is 0 Å². The number of aryl methyl sites for hydroxylation is 1. The van der Waals surface area contributed by atoms with Crippen LogP contribution in [0.15, 0.2) is 41.3 Å². The van der Waals surface area contributed by atoms with Crippen LogP contribution >= 0.6 is 0 Å². The molecule has 0 unspecified atom stereocenters. The molecule has 0 aliphatic carbocycles. The van der Waals surface area contributed by atoms with Crippen molar-refractivity contribution in [2.24, 2.45) is 0 Å². The maximum atomic E-state index is 12.6. The van der Waals surface area contributed by atoms with Crippen LogP contribution < -0.4 is 14.2 Å². The van der Waals surface area contributed by atoms with Crippen molar-refractivity contribution in [1.29, 1.82) is 0 Å². The number of hydrogen-bond donors (Lipinski definition) is 1. The largest absolute Gasteiger partial charge is 0.494 e. The molecule has 0 radical (unpaired) electrons. The van der Waals surface area contributed by atoms with E-state index >= 15 is 0 Å². The van der Waals surface area contributed by atoms with E-state index in [9.17, 15) is 8.42 Å². The summed E-state index contributed by atoms with van der Waals surface area (Å²) in [6.07, 6.45) is 1.84. The highest BCUT2D eigenvalue weighted by Gasteiger charge is 2.23. The van der Waals surface area contributed by atoms with Gasteiger partial charge in [0.15, 0.2) is 0 Å². The summed E-state index contributed by atoms with van der Waals surface area (Å²) in [6, 6.07) is 10.8. The van der Waals surface area contributed by atoms with E-state index in [1.54, 1.807) is 12.1 Å². The highest BCUT2D eigenvalue weighted by atomic mass is 32.2. The average Bonchev–Trinajstić information content (AvgIpc) is 2.99. The zero-order valence-corrected chi connectivity index (χ0v) is 16.2. The minimum atomic E-state index is -3.59. The van der Waals surface area contributed by atoms with E-state index in [0.717, 1.165) is 35.3 Å². The number of fused-ring (bicyclic) bond motifs is 1. The summed E-state index contributed by atoms with van der Waals surface area (Å²) in [7, 11) is -3.59. The fraction of sp³-hybridized carbons (Fsp3) is 0.400. The fourth-order valence-electron chi connectivity index (χ4n) is 3.07. The number of rotatable bonds is 7. The number of ether oxygens (including phenoxy) is 2. The Bertz CT molecular complexity index is 875. The van der Waals surface area contributed by atoms with Crippen molar-refractivity contribution < 1.29 is 17.9 Å². The molecule has 1 aliphatic heterocycles. The Labute approximate surface area is 155 Å². The van der Waals surface area contributed by atoms with Gasteiger partial charge in [0.05, 0.1) is 11.5 Å². The number of hydrogen-bond acceptors (Lipinski definition) is 4. The fourth-order valence-corrected chi connectivity index (χ4v) is 4.08. The lowest BCUT2D eigenvalue weighted by Gasteiger charge is -2.14. The van der Waals surface area contributed by atoms with Crippen molar-refractivity contribution in [2.45, 2.75) is 51.2 Å². The Morgan fingerprint density at radius 2 is 1.92 bits per heavy atom. The second kappa shape index (κ2) is 7.68. The zero-order valence-electron chi connectivity index (χ0n) is 15.4. The third kappa shape index (κ3) is 4.02. The first-order valence-corrected chi connectivity index (χ1v) is 10.4. The average molecular weight is 375 g/mol. The molecular weight excluding hydrogens is 350 g/mol. The molecule has 3 rings (SSSR count). The van der Waals surface area contributed by atoms with Crippen molar-refractivity contribution in [2.75, 3.05) is 6.61 Å². The lowest BCUT2D eigenvalue weighted by atomic mass is 10.1. The number of nitrogens with one attached hydrogen (secondary N) is 1. The Hall–Kier alpha value is -2.05. The third-order valence-electron chi connectivity index (χ3n) is 4.47. The molecular formula is C20H25NO4S. The summed E-state index contributed by atoms with van der Waals surface area (Å²) >= 11 is 0. The van der Waals surface area contributed by atoms with Gasteiger partial charge in [0.25, 0.3) is 0 Å². The minimum absolute atomic E-state index is 0.128. The second-order valence-electron chi connectivity index (χ2n) is 6.46. The molecule has 0 amide bonds. The molecule has 140 valence electrons. The molecule has 1 aliphatic rings. The molecule has 2 aromatic carbocycles. The molecule has 0 saturated heterocycles. The Balaban J connectivity index is 1.80. The van der Waals surface area contributed by atoms with Crippen LogP contribution in [0.25, 0.3) is 0 Å². The summed E-state index contributed by atoms with van der Waals surface area (Å²) in [6.45, 7) is 6.64. The van der Waals surface area contributed by atoms with Crippen molar-refractivity contribution >= 4 is 10.0 Å². The maximum absolute atomic E-state index is 12.6. The monoisotopic (exact) mass is 375 g/mol. The lowest BCUT2D eigenvalue weighted by Crippen LogP contribution is -2.23. The van der Waals surface area contributed by atoms with Gasteiger partial charge < -0.3 is 9.47 Å². The smallest absolute Gasteiger partial charge is 0.240 e. The van der Waals surface area contributed by atoms with Crippen molar-refractivity contribution in [1.82, 2.24) is 4.72 Å². The van der Waals surface area contributed by atoms with Gasteiger partial charge in [-0.05, 0) is 50.1 Å². The molecule has 6 heteroatoms. The quantitative estimate of drug-likeness (QED) is 0.805. The maximum Gasteiger partial charge on any atom is 0.240 e. The van der Waals surface area contributed by atoms with Gasteiger partial charge in [0.1, 0.15) is 17.6 Å². The number of sulfonamides is 1. The molecule has 1 atom stereocenters. The predicted molar refractivity (Wildman–Crippen MR) is 101 cm³/mol. The first kappa shape index (κ1) is 18.7. The molecule has 0 spiro atoms. The highest BCUT2D eigenvalue weighted by molar-refractivity contribution is 7.89. The molecule has 0 aromatic heterocycles. The topological polar surface area (TPSA) is 64.6 Å². The van der Waals surface area contributed by atoms with Crippen LogP contribution in [0.2, 0.25) is 0 Å². The molecule has 1 heterocycles. The molecule has 26 heavy (non-hydrogen) atoms. The van der Waals surface area contributed by atoms with Gasteiger partial charge in [-0.25, -0.2) is 13.1 Å². The molecule has 5 nitrogen and oxygen atoms in total. The molecule has 2 aromatic rings. The first-order chi connectivity index (χ1) is 12.4. The summed E-state index contributed by atoms with van der Waals surface area (Å²) in [5.74, 6) is 1.51. The predicted octanol–water partition coefficient (Wildman–Crippen LogP) is 3.45. The Morgan fingerprint density at radius 1 is 1.19 bits per heavy atom. The van der Waals surface area contributed by atoms with Gasteiger partial charge >= 0.3 is 0 Å². The Morgan fingerprint density at radius 3 is 2.58 bits per heavy atom.